The van der Waals surface area contributed by atoms with Crippen LogP contribution in [-0.2, 0) is 12.4 Å². The van der Waals surface area contributed by atoms with E-state index in [1.807, 2.05) is 0 Å². The summed E-state index contributed by atoms with van der Waals surface area (Å²) in [6.45, 7) is 0. The molecule has 0 fully saturated rings. The Morgan fingerprint density at radius 1 is 0.839 bits per heavy atom. The van der Waals surface area contributed by atoms with Crippen molar-refractivity contribution >= 4 is 5.78 Å². The first-order valence-electron chi connectivity index (χ1n) is 8.81. The number of aromatic nitrogens is 2. The molecule has 0 bridgehead atoms. The normalized spacial score (nSPS) is 13.1. The van der Waals surface area contributed by atoms with Crippen molar-refractivity contribution in [2.75, 3.05) is 0 Å². The summed E-state index contributed by atoms with van der Waals surface area (Å²) < 4.78 is 93.4. The van der Waals surface area contributed by atoms with Crippen LogP contribution in [0.5, 0.6) is 0 Å². The number of benzene rings is 1. The molecule has 3 aromatic rings. The highest BCUT2D eigenvalue weighted by molar-refractivity contribution is 5.95. The minimum Gasteiger partial charge on any atom is -0.292 e. The van der Waals surface area contributed by atoms with Gasteiger partial charge in [-0.1, -0.05) is 12.1 Å². The molecular formula is C21H13F7N2O. The van der Waals surface area contributed by atoms with Crippen molar-refractivity contribution in [3.63, 3.8) is 0 Å². The molecule has 0 N–H and O–H groups in total. The molecule has 0 saturated heterocycles. The number of rotatable bonds is 5. The maximum atomic E-state index is 14.2. The number of hydrogen-bond acceptors (Lipinski definition) is 3. The van der Waals surface area contributed by atoms with E-state index in [2.05, 4.69) is 9.97 Å². The van der Waals surface area contributed by atoms with Gasteiger partial charge in [0.25, 0.3) is 0 Å². The quantitative estimate of drug-likeness (QED) is 0.357. The summed E-state index contributed by atoms with van der Waals surface area (Å²) in [7, 11) is 0. The number of pyridine rings is 2. The fourth-order valence-corrected chi connectivity index (χ4v) is 3.10. The minimum absolute atomic E-state index is 0.0515. The molecule has 0 spiro atoms. The van der Waals surface area contributed by atoms with E-state index in [9.17, 15) is 35.5 Å². The first-order chi connectivity index (χ1) is 14.5. The molecule has 0 radical (unpaired) electrons. The van der Waals surface area contributed by atoms with Crippen molar-refractivity contribution in [2.45, 2.75) is 24.7 Å². The summed E-state index contributed by atoms with van der Waals surface area (Å²) in [6, 6.07) is 7.90. The number of nitrogens with zero attached hydrogens (tertiary/aromatic N) is 2. The number of Topliss-reactive ketones (excluding diaryl/α,β-unsaturated/α-hetero) is 1. The lowest BCUT2D eigenvalue weighted by atomic mass is 9.86. The lowest BCUT2D eigenvalue weighted by molar-refractivity contribution is -0.140. The molecule has 0 aliphatic carbocycles. The molecule has 0 unspecified atom stereocenters. The van der Waals surface area contributed by atoms with Gasteiger partial charge in [-0.3, -0.25) is 14.8 Å². The average Bonchev–Trinajstić information content (AvgIpc) is 2.71. The summed E-state index contributed by atoms with van der Waals surface area (Å²) in [4.78, 5) is 20.2. The molecular weight excluding hydrogens is 429 g/mol. The van der Waals surface area contributed by atoms with Crippen molar-refractivity contribution in [1.82, 2.24) is 9.97 Å². The zero-order valence-corrected chi connectivity index (χ0v) is 15.5. The Balaban J connectivity index is 2.12. The summed E-state index contributed by atoms with van der Waals surface area (Å²) in [5, 5.41) is 0. The number of ketones is 1. The van der Waals surface area contributed by atoms with Gasteiger partial charge in [0.05, 0.1) is 16.8 Å². The third kappa shape index (κ3) is 5.07. The standard InChI is InChI=1S/C21H13F7N2O/c22-16-10-12(6-7-14(16)20(23,24)25)13(11-18(31)17-5-1-2-8-29-17)19-15(21(26,27)28)4-3-9-30-19/h1-10,13H,11H2/t13-/m0/s1. The van der Waals surface area contributed by atoms with E-state index in [1.165, 1.54) is 24.4 Å². The Bertz CT molecular complexity index is 1080. The van der Waals surface area contributed by atoms with Crippen molar-refractivity contribution in [2.24, 2.45) is 0 Å². The number of alkyl halides is 6. The molecule has 162 valence electrons. The van der Waals surface area contributed by atoms with Gasteiger partial charge in [-0.2, -0.15) is 26.3 Å². The highest BCUT2D eigenvalue weighted by Crippen LogP contribution is 2.39. The second-order valence-corrected chi connectivity index (χ2v) is 6.57. The van der Waals surface area contributed by atoms with Crippen LogP contribution >= 0.6 is 0 Å². The van der Waals surface area contributed by atoms with Gasteiger partial charge in [-0.05, 0) is 42.0 Å². The molecule has 3 nitrogen and oxygen atoms in total. The monoisotopic (exact) mass is 442 g/mol. The molecule has 31 heavy (non-hydrogen) atoms. The molecule has 1 aromatic carbocycles. The largest absolute Gasteiger partial charge is 0.419 e. The fourth-order valence-electron chi connectivity index (χ4n) is 3.10. The zero-order chi connectivity index (χ0) is 22.8. The number of carbonyl (C=O) groups is 1. The van der Waals surface area contributed by atoms with Crippen LogP contribution in [0.4, 0.5) is 30.7 Å². The molecule has 0 saturated carbocycles. The molecule has 0 aliphatic heterocycles. The van der Waals surface area contributed by atoms with Crippen LogP contribution in [0.2, 0.25) is 0 Å². The van der Waals surface area contributed by atoms with E-state index in [4.69, 9.17) is 0 Å². The van der Waals surface area contributed by atoms with Gasteiger partial charge >= 0.3 is 12.4 Å². The maximum absolute atomic E-state index is 14.2. The average molecular weight is 442 g/mol. The fraction of sp³-hybridized carbons (Fsp3) is 0.190. The van der Waals surface area contributed by atoms with Gasteiger partial charge in [0.1, 0.15) is 11.5 Å². The Kier molecular flexibility index (Phi) is 6.10. The number of halogens is 7. The van der Waals surface area contributed by atoms with Crippen LogP contribution in [-0.4, -0.2) is 15.8 Å². The lowest BCUT2D eigenvalue weighted by Gasteiger charge is -2.21. The summed E-state index contributed by atoms with van der Waals surface area (Å²) >= 11 is 0. The van der Waals surface area contributed by atoms with Crippen LogP contribution in [0.3, 0.4) is 0 Å². The van der Waals surface area contributed by atoms with Crippen LogP contribution in [0.15, 0.2) is 60.9 Å². The number of carbonyl (C=O) groups excluding carboxylic acids is 1. The van der Waals surface area contributed by atoms with Gasteiger partial charge in [0.2, 0.25) is 0 Å². The van der Waals surface area contributed by atoms with E-state index >= 15 is 0 Å². The smallest absolute Gasteiger partial charge is 0.292 e. The minimum atomic E-state index is -4.98. The summed E-state index contributed by atoms with van der Waals surface area (Å²) in [5.41, 5.74) is -3.64. The molecule has 2 aromatic heterocycles. The van der Waals surface area contributed by atoms with Gasteiger partial charge in [-0.15, -0.1) is 0 Å². The van der Waals surface area contributed by atoms with Crippen molar-refractivity contribution in [3.05, 3.63) is 94.8 Å². The van der Waals surface area contributed by atoms with Gasteiger partial charge in [-0.25, -0.2) is 4.39 Å². The van der Waals surface area contributed by atoms with E-state index < -0.39 is 53.1 Å². The Morgan fingerprint density at radius 2 is 1.52 bits per heavy atom. The predicted molar refractivity (Wildman–Crippen MR) is 95.7 cm³/mol. The summed E-state index contributed by atoms with van der Waals surface area (Å²) in [6.07, 6.45) is -8.07. The van der Waals surface area contributed by atoms with E-state index in [0.29, 0.717) is 12.1 Å². The molecule has 2 heterocycles. The second kappa shape index (κ2) is 8.44. The van der Waals surface area contributed by atoms with Crippen molar-refractivity contribution in [3.8, 4) is 0 Å². The Labute approximate surface area is 171 Å². The zero-order valence-electron chi connectivity index (χ0n) is 15.5. The second-order valence-electron chi connectivity index (χ2n) is 6.57. The lowest BCUT2D eigenvalue weighted by Crippen LogP contribution is -2.18. The van der Waals surface area contributed by atoms with Crippen LogP contribution in [0.1, 0.15) is 45.2 Å². The van der Waals surface area contributed by atoms with Gasteiger partial charge in [0.15, 0.2) is 5.78 Å². The van der Waals surface area contributed by atoms with E-state index in [1.54, 1.807) is 0 Å². The molecule has 3 rings (SSSR count). The van der Waals surface area contributed by atoms with Crippen LogP contribution in [0, 0.1) is 5.82 Å². The topological polar surface area (TPSA) is 42.9 Å². The Morgan fingerprint density at radius 3 is 2.10 bits per heavy atom. The predicted octanol–water partition coefficient (Wildman–Crippen LogP) is 6.06. The Hall–Kier alpha value is -3.30. The third-order valence-electron chi connectivity index (χ3n) is 4.52. The van der Waals surface area contributed by atoms with Crippen LogP contribution < -0.4 is 0 Å². The van der Waals surface area contributed by atoms with Crippen LogP contribution in [0.25, 0.3) is 0 Å². The first kappa shape index (κ1) is 22.4. The van der Waals surface area contributed by atoms with E-state index in [-0.39, 0.29) is 11.3 Å². The number of hydrogen-bond donors (Lipinski definition) is 0. The third-order valence-corrected chi connectivity index (χ3v) is 4.52. The highest BCUT2D eigenvalue weighted by atomic mass is 19.4. The first-order valence-corrected chi connectivity index (χ1v) is 8.81. The van der Waals surface area contributed by atoms with Gasteiger partial charge < -0.3 is 0 Å². The SMILES string of the molecule is O=C(C[C@@H](c1ccc(C(F)(F)F)c(F)c1)c1ncccc1C(F)(F)F)c1ccccn1. The molecule has 1 atom stereocenters. The molecule has 0 aliphatic rings. The molecule has 0 amide bonds. The van der Waals surface area contributed by atoms with Crippen molar-refractivity contribution < 1.29 is 35.5 Å². The summed E-state index contributed by atoms with van der Waals surface area (Å²) in [5.74, 6) is -3.79. The highest BCUT2D eigenvalue weighted by Gasteiger charge is 2.38. The molecule has 10 heteroatoms. The van der Waals surface area contributed by atoms with Gasteiger partial charge in [0, 0.05) is 24.7 Å². The maximum Gasteiger partial charge on any atom is 0.419 e. The van der Waals surface area contributed by atoms with Crippen molar-refractivity contribution in [1.29, 1.82) is 0 Å². The van der Waals surface area contributed by atoms with E-state index in [0.717, 1.165) is 24.4 Å².